The Morgan fingerprint density at radius 2 is 1.45 bits per heavy atom. The van der Waals surface area contributed by atoms with Crippen LogP contribution in [0.3, 0.4) is 0 Å². The molecule has 0 spiro atoms. The van der Waals surface area contributed by atoms with Crippen LogP contribution in [0, 0.1) is 17.8 Å². The SMILES string of the molecule is CC(CC1CCN(C(=O)C2CCN(C)C2)C1)N1CCC(C(=O)N2CCCC2)CC1. The number of carbonyl (C=O) groups excluding carboxylic acids is 2. The minimum Gasteiger partial charge on any atom is -0.342 e. The number of carbonyl (C=O) groups is 2. The van der Waals surface area contributed by atoms with E-state index >= 15 is 0 Å². The zero-order valence-corrected chi connectivity index (χ0v) is 18.5. The zero-order valence-electron chi connectivity index (χ0n) is 18.5. The summed E-state index contributed by atoms with van der Waals surface area (Å²) in [5.41, 5.74) is 0. The molecule has 6 nitrogen and oxygen atoms in total. The van der Waals surface area contributed by atoms with Gasteiger partial charge in [0.25, 0.3) is 0 Å². The fourth-order valence-corrected chi connectivity index (χ4v) is 6.03. The Morgan fingerprint density at radius 1 is 0.793 bits per heavy atom. The van der Waals surface area contributed by atoms with Crippen LogP contribution in [-0.2, 0) is 9.59 Å². The summed E-state index contributed by atoms with van der Waals surface area (Å²) in [7, 11) is 2.11. The molecule has 4 rings (SSSR count). The molecule has 0 radical (unpaired) electrons. The van der Waals surface area contributed by atoms with Gasteiger partial charge in [-0.2, -0.15) is 0 Å². The molecule has 0 aromatic rings. The molecule has 4 saturated heterocycles. The van der Waals surface area contributed by atoms with Gasteiger partial charge in [0.2, 0.25) is 11.8 Å². The normalized spacial score (nSPS) is 31.0. The van der Waals surface area contributed by atoms with Crippen molar-refractivity contribution in [3.63, 3.8) is 0 Å². The van der Waals surface area contributed by atoms with Gasteiger partial charge in [-0.25, -0.2) is 0 Å². The lowest BCUT2D eigenvalue weighted by atomic mass is 9.92. The van der Waals surface area contributed by atoms with Gasteiger partial charge in [0, 0.05) is 44.7 Å². The molecule has 4 heterocycles. The summed E-state index contributed by atoms with van der Waals surface area (Å²) < 4.78 is 0. The van der Waals surface area contributed by atoms with Crippen LogP contribution >= 0.6 is 0 Å². The molecule has 3 unspecified atom stereocenters. The molecule has 2 amide bonds. The fourth-order valence-electron chi connectivity index (χ4n) is 6.03. The highest BCUT2D eigenvalue weighted by Crippen LogP contribution is 2.29. The third-order valence-corrected chi connectivity index (χ3v) is 7.93. The molecule has 0 aromatic heterocycles. The van der Waals surface area contributed by atoms with Crippen LogP contribution in [-0.4, -0.2) is 96.9 Å². The van der Waals surface area contributed by atoms with E-state index in [0.717, 1.165) is 78.0 Å². The highest BCUT2D eigenvalue weighted by Gasteiger charge is 2.36. The molecule has 0 N–H and O–H groups in total. The van der Waals surface area contributed by atoms with Gasteiger partial charge in [-0.3, -0.25) is 9.59 Å². The second-order valence-electron chi connectivity index (χ2n) is 10.1. The van der Waals surface area contributed by atoms with E-state index in [1.165, 1.54) is 19.3 Å². The van der Waals surface area contributed by atoms with Crippen molar-refractivity contribution in [3.05, 3.63) is 0 Å². The quantitative estimate of drug-likeness (QED) is 0.702. The summed E-state index contributed by atoms with van der Waals surface area (Å²) in [6, 6.07) is 0.551. The van der Waals surface area contributed by atoms with Crippen LogP contribution in [0.15, 0.2) is 0 Å². The second-order valence-corrected chi connectivity index (χ2v) is 10.1. The van der Waals surface area contributed by atoms with E-state index in [1.807, 2.05) is 0 Å². The van der Waals surface area contributed by atoms with Crippen molar-refractivity contribution < 1.29 is 9.59 Å². The summed E-state index contributed by atoms with van der Waals surface area (Å²) in [6.45, 7) is 10.3. The number of hydrogen-bond acceptors (Lipinski definition) is 4. The predicted octanol–water partition coefficient (Wildman–Crippen LogP) is 1.90. The molecule has 4 fully saturated rings. The van der Waals surface area contributed by atoms with Gasteiger partial charge < -0.3 is 19.6 Å². The Labute approximate surface area is 176 Å². The zero-order chi connectivity index (χ0) is 20.4. The Kier molecular flexibility index (Phi) is 6.80. The van der Waals surface area contributed by atoms with Crippen LogP contribution in [0.2, 0.25) is 0 Å². The standard InChI is InChI=1S/C23H40N4O2/c1-18(25-13-7-20(8-14-25)22(28)26-9-3-4-10-26)15-19-5-12-27(16-19)23(29)21-6-11-24(2)17-21/h18-21H,3-17H2,1-2H3. The molecule has 164 valence electrons. The van der Waals surface area contributed by atoms with Gasteiger partial charge in [0.05, 0.1) is 5.92 Å². The summed E-state index contributed by atoms with van der Waals surface area (Å²) >= 11 is 0. The van der Waals surface area contributed by atoms with E-state index in [9.17, 15) is 9.59 Å². The first kappa shape index (κ1) is 21.1. The monoisotopic (exact) mass is 404 g/mol. The maximum absolute atomic E-state index is 12.8. The van der Waals surface area contributed by atoms with Gasteiger partial charge in [0.15, 0.2) is 0 Å². The van der Waals surface area contributed by atoms with Crippen molar-refractivity contribution in [2.24, 2.45) is 17.8 Å². The third-order valence-electron chi connectivity index (χ3n) is 7.93. The molecular formula is C23H40N4O2. The van der Waals surface area contributed by atoms with Crippen LogP contribution in [0.25, 0.3) is 0 Å². The second kappa shape index (κ2) is 9.34. The van der Waals surface area contributed by atoms with Crippen molar-refractivity contribution in [2.75, 3.05) is 59.4 Å². The van der Waals surface area contributed by atoms with E-state index in [4.69, 9.17) is 0 Å². The molecule has 4 aliphatic heterocycles. The van der Waals surface area contributed by atoms with Crippen molar-refractivity contribution in [1.29, 1.82) is 0 Å². The van der Waals surface area contributed by atoms with Crippen molar-refractivity contribution in [2.45, 2.75) is 57.9 Å². The Hall–Kier alpha value is -1.14. The number of likely N-dealkylation sites (tertiary alicyclic amines) is 4. The molecule has 4 aliphatic rings. The Balaban J connectivity index is 1.19. The molecule has 0 aromatic carbocycles. The first-order valence-corrected chi connectivity index (χ1v) is 12.0. The smallest absolute Gasteiger partial charge is 0.227 e. The van der Waals surface area contributed by atoms with Crippen molar-refractivity contribution in [3.8, 4) is 0 Å². The largest absolute Gasteiger partial charge is 0.342 e. The topological polar surface area (TPSA) is 47.1 Å². The first-order valence-electron chi connectivity index (χ1n) is 12.0. The minimum atomic E-state index is 0.225. The van der Waals surface area contributed by atoms with Gasteiger partial charge in [-0.1, -0.05) is 0 Å². The summed E-state index contributed by atoms with van der Waals surface area (Å²) in [5.74, 6) is 1.92. The molecule has 0 aliphatic carbocycles. The van der Waals surface area contributed by atoms with E-state index in [0.29, 0.717) is 23.8 Å². The Morgan fingerprint density at radius 3 is 2.10 bits per heavy atom. The maximum Gasteiger partial charge on any atom is 0.227 e. The molecule has 0 saturated carbocycles. The van der Waals surface area contributed by atoms with Gasteiger partial charge >= 0.3 is 0 Å². The highest BCUT2D eigenvalue weighted by atomic mass is 16.2. The van der Waals surface area contributed by atoms with Gasteiger partial charge in [-0.05, 0) is 84.5 Å². The molecular weight excluding hydrogens is 364 g/mol. The highest BCUT2D eigenvalue weighted by molar-refractivity contribution is 5.80. The molecule has 29 heavy (non-hydrogen) atoms. The number of nitrogens with zero attached hydrogens (tertiary/aromatic N) is 4. The summed E-state index contributed by atoms with van der Waals surface area (Å²) in [6.07, 6.45) is 7.76. The van der Waals surface area contributed by atoms with Crippen LogP contribution in [0.1, 0.15) is 51.9 Å². The lowest BCUT2D eigenvalue weighted by Gasteiger charge is -2.37. The lowest BCUT2D eigenvalue weighted by molar-refractivity contribution is -0.136. The predicted molar refractivity (Wildman–Crippen MR) is 114 cm³/mol. The number of rotatable bonds is 5. The Bertz CT molecular complexity index is 583. The van der Waals surface area contributed by atoms with Gasteiger partial charge in [0.1, 0.15) is 0 Å². The molecule has 6 heteroatoms. The average molecular weight is 405 g/mol. The average Bonchev–Trinajstić information content (AvgIpc) is 3.49. The fraction of sp³-hybridized carbons (Fsp3) is 0.913. The van der Waals surface area contributed by atoms with Crippen LogP contribution in [0.4, 0.5) is 0 Å². The third kappa shape index (κ3) is 4.96. The lowest BCUT2D eigenvalue weighted by Crippen LogP contribution is -2.45. The van der Waals surface area contributed by atoms with E-state index in [1.54, 1.807) is 0 Å². The van der Waals surface area contributed by atoms with Crippen molar-refractivity contribution in [1.82, 2.24) is 19.6 Å². The summed E-state index contributed by atoms with van der Waals surface area (Å²) in [5, 5.41) is 0. The number of hydrogen-bond donors (Lipinski definition) is 0. The van der Waals surface area contributed by atoms with E-state index in [2.05, 4.69) is 33.6 Å². The van der Waals surface area contributed by atoms with E-state index < -0.39 is 0 Å². The molecule has 3 atom stereocenters. The number of piperidine rings is 1. The van der Waals surface area contributed by atoms with E-state index in [-0.39, 0.29) is 11.8 Å². The first-order chi connectivity index (χ1) is 14.0. The van der Waals surface area contributed by atoms with Crippen LogP contribution < -0.4 is 0 Å². The van der Waals surface area contributed by atoms with Gasteiger partial charge in [-0.15, -0.1) is 0 Å². The minimum absolute atomic E-state index is 0.225. The maximum atomic E-state index is 12.8. The van der Waals surface area contributed by atoms with Crippen LogP contribution in [0.5, 0.6) is 0 Å². The molecule has 0 bridgehead atoms. The summed E-state index contributed by atoms with van der Waals surface area (Å²) in [4.78, 5) is 34.5. The van der Waals surface area contributed by atoms with Crippen molar-refractivity contribution >= 4 is 11.8 Å². The number of amides is 2.